The first kappa shape index (κ1) is 12.9. The summed E-state index contributed by atoms with van der Waals surface area (Å²) in [5.74, 6) is 0.582. The number of aryl methyl sites for hydroxylation is 1. The number of nitrogens with zero attached hydrogens (tertiary/aromatic N) is 1. The van der Waals surface area contributed by atoms with Gasteiger partial charge in [0.05, 0.1) is 0 Å². The summed E-state index contributed by atoms with van der Waals surface area (Å²) in [6.45, 7) is 5.29. The molecule has 1 saturated heterocycles. The van der Waals surface area contributed by atoms with Gasteiger partial charge in [0.15, 0.2) is 0 Å². The van der Waals surface area contributed by atoms with Crippen molar-refractivity contribution in [3.63, 3.8) is 0 Å². The van der Waals surface area contributed by atoms with Gasteiger partial charge >= 0.3 is 0 Å². The molecule has 4 nitrogen and oxygen atoms in total. The first-order chi connectivity index (χ1) is 8.49. The van der Waals surface area contributed by atoms with E-state index in [4.69, 9.17) is 5.73 Å². The molecule has 0 bridgehead atoms. The van der Waals surface area contributed by atoms with E-state index in [1.165, 1.54) is 0 Å². The normalized spacial score (nSPS) is 24.1. The number of phenols is 1. The Hall–Kier alpha value is -1.55. The summed E-state index contributed by atoms with van der Waals surface area (Å²) < 4.78 is 0. The molecule has 18 heavy (non-hydrogen) atoms. The van der Waals surface area contributed by atoms with Crippen LogP contribution in [0.4, 0.5) is 0 Å². The Kier molecular flexibility index (Phi) is 3.57. The van der Waals surface area contributed by atoms with Gasteiger partial charge in [-0.25, -0.2) is 0 Å². The maximum Gasteiger partial charge on any atom is 0.253 e. The fourth-order valence-corrected chi connectivity index (χ4v) is 2.32. The van der Waals surface area contributed by atoms with Crippen molar-refractivity contribution in [3.05, 3.63) is 29.3 Å². The fourth-order valence-electron chi connectivity index (χ4n) is 2.32. The van der Waals surface area contributed by atoms with E-state index in [-0.39, 0.29) is 17.7 Å². The third-order valence-electron chi connectivity index (χ3n) is 3.70. The van der Waals surface area contributed by atoms with Crippen molar-refractivity contribution in [2.45, 2.75) is 26.3 Å². The van der Waals surface area contributed by atoms with E-state index in [1.54, 1.807) is 25.1 Å². The van der Waals surface area contributed by atoms with E-state index >= 15 is 0 Å². The molecule has 3 N–H and O–H groups in total. The highest BCUT2D eigenvalue weighted by molar-refractivity contribution is 5.94. The molecule has 1 fully saturated rings. The minimum absolute atomic E-state index is 0.0249. The lowest BCUT2D eigenvalue weighted by molar-refractivity contribution is 0.0664. The number of phenolic OH excluding ortho intramolecular Hbond substituents is 1. The average Bonchev–Trinajstić information content (AvgIpc) is 2.35. The number of carbonyl (C=O) groups is 1. The monoisotopic (exact) mass is 248 g/mol. The zero-order valence-electron chi connectivity index (χ0n) is 10.9. The molecule has 0 radical (unpaired) electrons. The number of benzene rings is 1. The molecule has 1 aliphatic heterocycles. The van der Waals surface area contributed by atoms with E-state index in [2.05, 4.69) is 6.92 Å². The molecule has 0 aromatic heterocycles. The lowest BCUT2D eigenvalue weighted by Crippen LogP contribution is -2.48. The Morgan fingerprint density at radius 3 is 2.83 bits per heavy atom. The van der Waals surface area contributed by atoms with Crippen molar-refractivity contribution in [2.75, 3.05) is 13.1 Å². The first-order valence-corrected chi connectivity index (χ1v) is 6.33. The van der Waals surface area contributed by atoms with Gasteiger partial charge < -0.3 is 15.7 Å². The van der Waals surface area contributed by atoms with Gasteiger partial charge in [-0.1, -0.05) is 6.92 Å². The van der Waals surface area contributed by atoms with E-state index < -0.39 is 0 Å². The summed E-state index contributed by atoms with van der Waals surface area (Å²) >= 11 is 0. The Balaban J connectivity index is 2.14. The minimum Gasteiger partial charge on any atom is -0.508 e. The van der Waals surface area contributed by atoms with Gasteiger partial charge in [0.25, 0.3) is 5.91 Å². The topological polar surface area (TPSA) is 66.6 Å². The number of hydrogen-bond acceptors (Lipinski definition) is 3. The number of aromatic hydroxyl groups is 1. The highest BCUT2D eigenvalue weighted by atomic mass is 16.3. The summed E-state index contributed by atoms with van der Waals surface area (Å²) in [7, 11) is 0. The third-order valence-corrected chi connectivity index (χ3v) is 3.70. The summed E-state index contributed by atoms with van der Waals surface area (Å²) in [5, 5.41) is 9.47. The molecule has 0 saturated carbocycles. The predicted octanol–water partition coefficient (Wildman–Crippen LogP) is 1.51. The summed E-state index contributed by atoms with van der Waals surface area (Å²) in [6, 6.07) is 5.16. The van der Waals surface area contributed by atoms with E-state index in [1.807, 2.05) is 4.90 Å². The highest BCUT2D eigenvalue weighted by Gasteiger charge is 2.26. The van der Waals surface area contributed by atoms with Crippen LogP contribution in [0.15, 0.2) is 18.2 Å². The summed E-state index contributed by atoms with van der Waals surface area (Å²) in [5.41, 5.74) is 7.31. The summed E-state index contributed by atoms with van der Waals surface area (Å²) in [6.07, 6.45) is 0.851. The number of piperidine rings is 1. The van der Waals surface area contributed by atoms with Crippen LogP contribution in [-0.2, 0) is 0 Å². The standard InChI is InChI=1S/C14H20N2O2/c1-9-7-11(3-4-13(9)17)14(18)16-6-5-12(15)10(2)8-16/h3-4,7,10,12,17H,5-6,8,15H2,1-2H3. The lowest BCUT2D eigenvalue weighted by atomic mass is 9.94. The van der Waals surface area contributed by atoms with Crippen LogP contribution in [0.25, 0.3) is 0 Å². The minimum atomic E-state index is 0.0249. The molecule has 4 heteroatoms. The maximum atomic E-state index is 12.3. The Morgan fingerprint density at radius 2 is 2.22 bits per heavy atom. The Morgan fingerprint density at radius 1 is 1.50 bits per heavy atom. The van der Waals surface area contributed by atoms with Gasteiger partial charge in [0, 0.05) is 24.7 Å². The molecule has 0 spiro atoms. The van der Waals surface area contributed by atoms with Crippen molar-refractivity contribution in [1.29, 1.82) is 0 Å². The van der Waals surface area contributed by atoms with Crippen molar-refractivity contribution >= 4 is 5.91 Å². The fraction of sp³-hybridized carbons (Fsp3) is 0.500. The quantitative estimate of drug-likeness (QED) is 0.791. The van der Waals surface area contributed by atoms with Crippen LogP contribution in [0.2, 0.25) is 0 Å². The predicted molar refractivity (Wildman–Crippen MR) is 70.5 cm³/mol. The van der Waals surface area contributed by atoms with Gasteiger partial charge in [0.1, 0.15) is 5.75 Å². The van der Waals surface area contributed by atoms with Crippen LogP contribution < -0.4 is 5.73 Å². The molecule has 98 valence electrons. The van der Waals surface area contributed by atoms with Crippen LogP contribution in [0.3, 0.4) is 0 Å². The van der Waals surface area contributed by atoms with E-state index in [0.717, 1.165) is 12.0 Å². The molecule has 1 amide bonds. The van der Waals surface area contributed by atoms with Gasteiger partial charge in [-0.2, -0.15) is 0 Å². The Bertz CT molecular complexity index is 459. The zero-order valence-corrected chi connectivity index (χ0v) is 10.9. The number of hydrogen-bond donors (Lipinski definition) is 2. The number of amides is 1. The third kappa shape index (κ3) is 2.48. The largest absolute Gasteiger partial charge is 0.508 e. The molecule has 1 aromatic rings. The van der Waals surface area contributed by atoms with Crippen molar-refractivity contribution in [2.24, 2.45) is 11.7 Å². The first-order valence-electron chi connectivity index (χ1n) is 6.33. The second-order valence-electron chi connectivity index (χ2n) is 5.18. The van der Waals surface area contributed by atoms with Crippen LogP contribution in [-0.4, -0.2) is 35.0 Å². The molecular formula is C14H20N2O2. The van der Waals surface area contributed by atoms with Gasteiger partial charge in [0.2, 0.25) is 0 Å². The van der Waals surface area contributed by atoms with Crippen LogP contribution in [0.5, 0.6) is 5.75 Å². The van der Waals surface area contributed by atoms with Crippen LogP contribution >= 0.6 is 0 Å². The summed E-state index contributed by atoms with van der Waals surface area (Å²) in [4.78, 5) is 14.2. The van der Waals surface area contributed by atoms with Gasteiger partial charge in [-0.05, 0) is 43.0 Å². The Labute approximate surface area is 107 Å². The average molecular weight is 248 g/mol. The van der Waals surface area contributed by atoms with Crippen LogP contribution in [0.1, 0.15) is 29.3 Å². The number of nitrogens with two attached hydrogens (primary N) is 1. The van der Waals surface area contributed by atoms with Gasteiger partial charge in [-0.3, -0.25) is 4.79 Å². The molecule has 2 atom stereocenters. The zero-order chi connectivity index (χ0) is 13.3. The second-order valence-corrected chi connectivity index (χ2v) is 5.18. The smallest absolute Gasteiger partial charge is 0.253 e. The van der Waals surface area contributed by atoms with Gasteiger partial charge in [-0.15, -0.1) is 0 Å². The van der Waals surface area contributed by atoms with Crippen molar-refractivity contribution < 1.29 is 9.90 Å². The number of likely N-dealkylation sites (tertiary alicyclic amines) is 1. The molecule has 2 rings (SSSR count). The van der Waals surface area contributed by atoms with Crippen molar-refractivity contribution in [3.8, 4) is 5.75 Å². The maximum absolute atomic E-state index is 12.3. The molecule has 1 heterocycles. The molecular weight excluding hydrogens is 228 g/mol. The highest BCUT2D eigenvalue weighted by Crippen LogP contribution is 2.21. The SMILES string of the molecule is Cc1cc(C(=O)N2CCC(N)C(C)C2)ccc1O. The molecule has 2 unspecified atom stereocenters. The lowest BCUT2D eigenvalue weighted by Gasteiger charge is -2.35. The molecule has 1 aliphatic rings. The van der Waals surface area contributed by atoms with E-state index in [9.17, 15) is 9.90 Å². The molecule has 0 aliphatic carbocycles. The molecule has 1 aromatic carbocycles. The number of carbonyl (C=O) groups excluding carboxylic acids is 1. The second kappa shape index (κ2) is 4.98. The van der Waals surface area contributed by atoms with E-state index in [0.29, 0.717) is 24.6 Å². The van der Waals surface area contributed by atoms with Crippen LogP contribution in [0, 0.1) is 12.8 Å². The number of rotatable bonds is 1. The van der Waals surface area contributed by atoms with Crippen molar-refractivity contribution in [1.82, 2.24) is 4.90 Å².